The van der Waals surface area contributed by atoms with Crippen molar-refractivity contribution in [1.29, 1.82) is 0 Å². The predicted molar refractivity (Wildman–Crippen MR) is 111 cm³/mol. The van der Waals surface area contributed by atoms with E-state index in [-0.39, 0.29) is 5.78 Å². The molecule has 6 nitrogen and oxygen atoms in total. The highest BCUT2D eigenvalue weighted by molar-refractivity contribution is 6.43. The maximum atomic E-state index is 12.1. The second-order valence-electron chi connectivity index (χ2n) is 7.26. The van der Waals surface area contributed by atoms with Crippen molar-refractivity contribution in [2.75, 3.05) is 28.6 Å². The molecular formula is C22H25N3O3. The number of amides is 2. The average molecular weight is 379 g/mol. The lowest BCUT2D eigenvalue weighted by Gasteiger charge is -2.32. The molecule has 0 aliphatic carbocycles. The molecule has 1 saturated heterocycles. The van der Waals surface area contributed by atoms with Crippen LogP contribution < -0.4 is 15.5 Å². The predicted octanol–water partition coefficient (Wildman–Crippen LogP) is 3.70. The zero-order valence-corrected chi connectivity index (χ0v) is 16.2. The minimum atomic E-state index is -0.760. The van der Waals surface area contributed by atoms with Gasteiger partial charge < -0.3 is 15.5 Å². The van der Waals surface area contributed by atoms with Gasteiger partial charge in [-0.1, -0.05) is 6.92 Å². The van der Waals surface area contributed by atoms with Gasteiger partial charge in [-0.2, -0.15) is 0 Å². The Morgan fingerprint density at radius 1 is 0.821 bits per heavy atom. The third kappa shape index (κ3) is 4.97. The summed E-state index contributed by atoms with van der Waals surface area (Å²) in [5.41, 5.74) is 2.70. The molecule has 1 aliphatic rings. The van der Waals surface area contributed by atoms with E-state index in [1.165, 1.54) is 19.8 Å². The first-order chi connectivity index (χ1) is 13.4. The van der Waals surface area contributed by atoms with Crippen molar-refractivity contribution in [3.8, 4) is 0 Å². The van der Waals surface area contributed by atoms with E-state index in [9.17, 15) is 14.4 Å². The van der Waals surface area contributed by atoms with Gasteiger partial charge in [0.1, 0.15) is 0 Å². The molecular weight excluding hydrogens is 354 g/mol. The fraction of sp³-hybridized carbons (Fsp3) is 0.318. The summed E-state index contributed by atoms with van der Waals surface area (Å²) in [4.78, 5) is 37.8. The third-order valence-corrected chi connectivity index (χ3v) is 5.03. The average Bonchev–Trinajstić information content (AvgIpc) is 2.69. The fourth-order valence-electron chi connectivity index (χ4n) is 3.19. The van der Waals surface area contributed by atoms with E-state index in [2.05, 4.69) is 22.5 Å². The lowest BCUT2D eigenvalue weighted by molar-refractivity contribution is -0.132. The summed E-state index contributed by atoms with van der Waals surface area (Å²) in [6.45, 7) is 5.83. The summed E-state index contributed by atoms with van der Waals surface area (Å²) in [6, 6.07) is 13.9. The number of anilines is 3. The van der Waals surface area contributed by atoms with Crippen LogP contribution in [-0.2, 0) is 9.59 Å². The number of rotatable bonds is 4. The molecule has 1 fully saturated rings. The SMILES string of the molecule is CC(=O)c1ccc(NC(=O)C(=O)Nc2ccc(N3CCC(C)CC3)cc2)cc1. The smallest absolute Gasteiger partial charge is 0.314 e. The zero-order valence-electron chi connectivity index (χ0n) is 16.2. The van der Waals surface area contributed by atoms with Gasteiger partial charge in [0.15, 0.2) is 5.78 Å². The van der Waals surface area contributed by atoms with E-state index >= 15 is 0 Å². The number of carbonyl (C=O) groups is 3. The Balaban J connectivity index is 1.55. The van der Waals surface area contributed by atoms with E-state index in [4.69, 9.17) is 0 Å². The molecule has 2 N–H and O–H groups in total. The van der Waals surface area contributed by atoms with Gasteiger partial charge in [0.25, 0.3) is 0 Å². The molecule has 3 rings (SSSR count). The summed E-state index contributed by atoms with van der Waals surface area (Å²) in [5.74, 6) is -0.787. The first kappa shape index (κ1) is 19.6. The molecule has 0 aromatic heterocycles. The van der Waals surface area contributed by atoms with Gasteiger partial charge in [-0.25, -0.2) is 0 Å². The summed E-state index contributed by atoms with van der Waals surface area (Å²) < 4.78 is 0. The first-order valence-electron chi connectivity index (χ1n) is 9.51. The molecule has 0 spiro atoms. The molecule has 28 heavy (non-hydrogen) atoms. The molecule has 2 aromatic rings. The molecule has 146 valence electrons. The topological polar surface area (TPSA) is 78.5 Å². The van der Waals surface area contributed by atoms with Crippen molar-refractivity contribution >= 4 is 34.7 Å². The summed E-state index contributed by atoms with van der Waals surface area (Å²) in [6.07, 6.45) is 2.37. The quantitative estimate of drug-likeness (QED) is 0.627. The zero-order chi connectivity index (χ0) is 20.1. The Kier molecular flexibility index (Phi) is 6.09. The lowest BCUT2D eigenvalue weighted by Crippen LogP contribution is -2.32. The Bertz CT molecular complexity index is 852. The standard InChI is InChI=1S/C22H25N3O3/c1-15-11-13-25(14-12-15)20-9-7-19(8-10-20)24-22(28)21(27)23-18-5-3-17(4-6-18)16(2)26/h3-10,15H,11-14H2,1-2H3,(H,23,27)(H,24,28). The summed E-state index contributed by atoms with van der Waals surface area (Å²) in [7, 11) is 0. The highest BCUT2D eigenvalue weighted by atomic mass is 16.2. The summed E-state index contributed by atoms with van der Waals surface area (Å²) in [5, 5.41) is 5.13. The number of nitrogens with one attached hydrogen (secondary N) is 2. The van der Waals surface area contributed by atoms with Crippen LogP contribution in [-0.4, -0.2) is 30.7 Å². The molecule has 0 radical (unpaired) electrons. The van der Waals surface area contributed by atoms with E-state index in [0.29, 0.717) is 16.9 Å². The maximum absolute atomic E-state index is 12.1. The largest absolute Gasteiger partial charge is 0.372 e. The lowest BCUT2D eigenvalue weighted by atomic mass is 9.99. The number of hydrogen-bond donors (Lipinski definition) is 2. The van der Waals surface area contributed by atoms with Crippen LogP contribution in [0.5, 0.6) is 0 Å². The van der Waals surface area contributed by atoms with Crippen LogP contribution in [0.15, 0.2) is 48.5 Å². The molecule has 2 amide bonds. The van der Waals surface area contributed by atoms with Gasteiger partial charge in [-0.15, -0.1) is 0 Å². The van der Waals surface area contributed by atoms with E-state index in [0.717, 1.165) is 24.7 Å². The summed E-state index contributed by atoms with van der Waals surface area (Å²) >= 11 is 0. The number of hydrogen-bond acceptors (Lipinski definition) is 4. The Morgan fingerprint density at radius 2 is 1.29 bits per heavy atom. The minimum Gasteiger partial charge on any atom is -0.372 e. The first-order valence-corrected chi connectivity index (χ1v) is 9.51. The van der Waals surface area contributed by atoms with Crippen molar-refractivity contribution in [1.82, 2.24) is 0 Å². The number of carbonyl (C=O) groups excluding carboxylic acids is 3. The van der Waals surface area contributed by atoms with Crippen LogP contribution in [0.25, 0.3) is 0 Å². The van der Waals surface area contributed by atoms with Crippen LogP contribution in [0, 0.1) is 5.92 Å². The molecule has 0 atom stereocenters. The highest BCUT2D eigenvalue weighted by Crippen LogP contribution is 2.24. The number of nitrogens with zero attached hydrogens (tertiary/aromatic N) is 1. The van der Waals surface area contributed by atoms with Gasteiger partial charge in [0.2, 0.25) is 0 Å². The van der Waals surface area contributed by atoms with Gasteiger partial charge in [-0.3, -0.25) is 14.4 Å². The molecule has 1 heterocycles. The second-order valence-corrected chi connectivity index (χ2v) is 7.26. The van der Waals surface area contributed by atoms with Crippen molar-refractivity contribution in [2.24, 2.45) is 5.92 Å². The van der Waals surface area contributed by atoms with Crippen LogP contribution in [0.4, 0.5) is 17.1 Å². The van der Waals surface area contributed by atoms with Gasteiger partial charge in [0, 0.05) is 35.7 Å². The van der Waals surface area contributed by atoms with Crippen LogP contribution in [0.3, 0.4) is 0 Å². The van der Waals surface area contributed by atoms with Crippen molar-refractivity contribution in [2.45, 2.75) is 26.7 Å². The monoisotopic (exact) mass is 379 g/mol. The van der Waals surface area contributed by atoms with Gasteiger partial charge in [-0.05, 0) is 74.2 Å². The highest BCUT2D eigenvalue weighted by Gasteiger charge is 2.17. The van der Waals surface area contributed by atoms with E-state index in [1.807, 2.05) is 12.1 Å². The molecule has 0 bridgehead atoms. The third-order valence-electron chi connectivity index (χ3n) is 5.03. The molecule has 6 heteroatoms. The van der Waals surface area contributed by atoms with Crippen LogP contribution >= 0.6 is 0 Å². The maximum Gasteiger partial charge on any atom is 0.314 e. The van der Waals surface area contributed by atoms with Gasteiger partial charge in [0.05, 0.1) is 0 Å². The van der Waals surface area contributed by atoms with Gasteiger partial charge >= 0.3 is 11.8 Å². The molecule has 2 aromatic carbocycles. The second kappa shape index (κ2) is 8.69. The number of ketones is 1. The van der Waals surface area contributed by atoms with Crippen molar-refractivity contribution < 1.29 is 14.4 Å². The molecule has 1 aliphatic heterocycles. The Morgan fingerprint density at radius 3 is 1.75 bits per heavy atom. The Labute approximate surface area is 164 Å². The normalized spacial score (nSPS) is 14.4. The number of piperidine rings is 1. The Hall–Kier alpha value is -3.15. The van der Waals surface area contributed by atoms with E-state index in [1.54, 1.807) is 36.4 Å². The number of Topliss-reactive ketones (excluding diaryl/α,β-unsaturated/α-hetero) is 1. The van der Waals surface area contributed by atoms with E-state index < -0.39 is 11.8 Å². The van der Waals surface area contributed by atoms with Crippen molar-refractivity contribution in [3.63, 3.8) is 0 Å². The van der Waals surface area contributed by atoms with Crippen LogP contribution in [0.1, 0.15) is 37.0 Å². The number of benzene rings is 2. The molecule has 0 unspecified atom stereocenters. The molecule has 0 saturated carbocycles. The van der Waals surface area contributed by atoms with Crippen molar-refractivity contribution in [3.05, 3.63) is 54.1 Å². The minimum absolute atomic E-state index is 0.0573. The van der Waals surface area contributed by atoms with Crippen LogP contribution in [0.2, 0.25) is 0 Å². The fourth-order valence-corrected chi connectivity index (χ4v) is 3.19.